The molecule has 3 heteroatoms. The lowest BCUT2D eigenvalue weighted by Gasteiger charge is -2.34. The van der Waals surface area contributed by atoms with Gasteiger partial charge < -0.3 is 9.47 Å². The van der Waals surface area contributed by atoms with Gasteiger partial charge >= 0.3 is 0 Å². The molecular formula is C9H15NO2. The van der Waals surface area contributed by atoms with Gasteiger partial charge in [-0.05, 0) is 12.8 Å². The maximum atomic E-state index is 8.66. The molecule has 0 N–H and O–H groups in total. The first-order chi connectivity index (χ1) is 5.83. The molecule has 1 heterocycles. The van der Waals surface area contributed by atoms with Crippen LogP contribution in [0.2, 0.25) is 0 Å². The van der Waals surface area contributed by atoms with E-state index < -0.39 is 0 Å². The van der Waals surface area contributed by atoms with Crippen molar-refractivity contribution in [2.45, 2.75) is 19.3 Å². The molecular weight excluding hydrogens is 154 g/mol. The zero-order valence-electron chi connectivity index (χ0n) is 7.51. The monoisotopic (exact) mass is 169 g/mol. The third-order valence-electron chi connectivity index (χ3n) is 2.46. The summed E-state index contributed by atoms with van der Waals surface area (Å²) < 4.78 is 10.4. The molecule has 1 aliphatic rings. The van der Waals surface area contributed by atoms with Crippen LogP contribution in [0.3, 0.4) is 0 Å². The Morgan fingerprint density at radius 1 is 1.50 bits per heavy atom. The smallest absolute Gasteiger partial charge is 0.0628 e. The van der Waals surface area contributed by atoms with Crippen molar-refractivity contribution >= 4 is 0 Å². The fourth-order valence-corrected chi connectivity index (χ4v) is 1.65. The van der Waals surface area contributed by atoms with Crippen LogP contribution in [0, 0.1) is 16.7 Å². The summed E-state index contributed by atoms with van der Waals surface area (Å²) in [5.41, 5.74) is 0.0712. The van der Waals surface area contributed by atoms with Gasteiger partial charge in [-0.25, -0.2) is 0 Å². The van der Waals surface area contributed by atoms with Crippen molar-refractivity contribution in [2.75, 3.05) is 26.9 Å². The van der Waals surface area contributed by atoms with Crippen molar-refractivity contribution in [1.82, 2.24) is 0 Å². The zero-order valence-corrected chi connectivity index (χ0v) is 7.51. The molecule has 12 heavy (non-hydrogen) atoms. The van der Waals surface area contributed by atoms with E-state index in [4.69, 9.17) is 14.7 Å². The van der Waals surface area contributed by atoms with Crippen LogP contribution in [0.4, 0.5) is 0 Å². The summed E-state index contributed by atoms with van der Waals surface area (Å²) in [5, 5.41) is 8.66. The Morgan fingerprint density at radius 3 is 2.67 bits per heavy atom. The number of hydrogen-bond acceptors (Lipinski definition) is 3. The van der Waals surface area contributed by atoms with Crippen LogP contribution in [0.1, 0.15) is 19.3 Å². The maximum absolute atomic E-state index is 8.66. The highest BCUT2D eigenvalue weighted by Gasteiger charge is 2.32. The second-order valence-electron chi connectivity index (χ2n) is 3.38. The van der Waals surface area contributed by atoms with E-state index in [9.17, 15) is 0 Å². The minimum Gasteiger partial charge on any atom is -0.384 e. The fraction of sp³-hybridized carbons (Fsp3) is 0.889. The summed E-state index contributed by atoms with van der Waals surface area (Å²) in [6.45, 7) is 2.22. The van der Waals surface area contributed by atoms with E-state index in [1.807, 2.05) is 0 Å². The van der Waals surface area contributed by atoms with Crippen LogP contribution in [-0.4, -0.2) is 26.9 Å². The Labute approximate surface area is 73.3 Å². The normalized spacial score (nSPS) is 21.7. The number of methoxy groups -OCH3 is 1. The van der Waals surface area contributed by atoms with Crippen molar-refractivity contribution in [3.05, 3.63) is 0 Å². The van der Waals surface area contributed by atoms with Crippen LogP contribution in [0.5, 0.6) is 0 Å². The van der Waals surface area contributed by atoms with E-state index in [0.717, 1.165) is 26.1 Å². The second kappa shape index (κ2) is 4.44. The van der Waals surface area contributed by atoms with Crippen molar-refractivity contribution in [3.63, 3.8) is 0 Å². The van der Waals surface area contributed by atoms with Crippen LogP contribution < -0.4 is 0 Å². The molecule has 0 aromatic carbocycles. The van der Waals surface area contributed by atoms with Crippen molar-refractivity contribution in [2.24, 2.45) is 5.41 Å². The predicted octanol–water partition coefficient (Wildman–Crippen LogP) is 1.34. The molecule has 68 valence electrons. The lowest BCUT2D eigenvalue weighted by atomic mass is 9.78. The van der Waals surface area contributed by atoms with Crippen molar-refractivity contribution in [3.8, 4) is 6.07 Å². The molecule has 1 rings (SSSR count). The molecule has 1 aliphatic heterocycles. The zero-order chi connectivity index (χ0) is 8.86. The summed E-state index contributed by atoms with van der Waals surface area (Å²) in [7, 11) is 1.69. The van der Waals surface area contributed by atoms with Crippen LogP contribution in [0.15, 0.2) is 0 Å². The summed E-state index contributed by atoms with van der Waals surface area (Å²) in [6, 6.07) is 2.23. The lowest BCUT2D eigenvalue weighted by molar-refractivity contribution is -0.0251. The number of hydrogen-bond donors (Lipinski definition) is 0. The molecule has 0 spiro atoms. The Bertz CT molecular complexity index is 162. The highest BCUT2D eigenvalue weighted by molar-refractivity contribution is 4.90. The molecule has 0 unspecified atom stereocenters. The van der Waals surface area contributed by atoms with Gasteiger partial charge in [0.25, 0.3) is 0 Å². The SMILES string of the molecule is COCC1(CC#N)CCOCC1. The van der Waals surface area contributed by atoms with Gasteiger partial charge in [-0.3, -0.25) is 0 Å². The molecule has 0 amide bonds. The van der Waals surface area contributed by atoms with E-state index in [2.05, 4.69) is 6.07 Å². The lowest BCUT2D eigenvalue weighted by Crippen LogP contribution is -2.33. The van der Waals surface area contributed by atoms with Gasteiger partial charge in [-0.1, -0.05) is 0 Å². The van der Waals surface area contributed by atoms with E-state index in [1.54, 1.807) is 7.11 Å². The van der Waals surface area contributed by atoms with Gasteiger partial charge in [0.15, 0.2) is 0 Å². The first kappa shape index (κ1) is 9.50. The van der Waals surface area contributed by atoms with Crippen molar-refractivity contribution < 1.29 is 9.47 Å². The maximum Gasteiger partial charge on any atom is 0.0628 e. The quantitative estimate of drug-likeness (QED) is 0.640. The Hall–Kier alpha value is -0.590. The van der Waals surface area contributed by atoms with Gasteiger partial charge in [0.2, 0.25) is 0 Å². The minimum absolute atomic E-state index is 0.0712. The average molecular weight is 169 g/mol. The third kappa shape index (κ3) is 2.20. The first-order valence-electron chi connectivity index (χ1n) is 4.27. The molecule has 1 fully saturated rings. The van der Waals surface area contributed by atoms with E-state index >= 15 is 0 Å². The first-order valence-corrected chi connectivity index (χ1v) is 4.27. The van der Waals surface area contributed by atoms with Crippen LogP contribution in [0.25, 0.3) is 0 Å². The van der Waals surface area contributed by atoms with Gasteiger partial charge in [-0.15, -0.1) is 0 Å². The molecule has 1 saturated heterocycles. The molecule has 0 aromatic heterocycles. The van der Waals surface area contributed by atoms with Gasteiger partial charge in [0.1, 0.15) is 0 Å². The molecule has 0 aromatic rings. The number of nitrogens with zero attached hydrogens (tertiary/aromatic N) is 1. The standard InChI is InChI=1S/C9H15NO2/c1-11-8-9(2-5-10)3-6-12-7-4-9/h2-4,6-8H2,1H3. The van der Waals surface area contributed by atoms with Gasteiger partial charge in [-0.2, -0.15) is 5.26 Å². The highest BCUT2D eigenvalue weighted by Crippen LogP contribution is 2.33. The van der Waals surface area contributed by atoms with Crippen LogP contribution >= 0.6 is 0 Å². The highest BCUT2D eigenvalue weighted by atomic mass is 16.5. The van der Waals surface area contributed by atoms with E-state index in [1.165, 1.54) is 0 Å². The van der Waals surface area contributed by atoms with E-state index in [0.29, 0.717) is 13.0 Å². The summed E-state index contributed by atoms with van der Waals surface area (Å²) >= 11 is 0. The number of ether oxygens (including phenoxy) is 2. The molecule has 0 aliphatic carbocycles. The van der Waals surface area contributed by atoms with Crippen molar-refractivity contribution in [1.29, 1.82) is 5.26 Å². The Morgan fingerprint density at radius 2 is 2.17 bits per heavy atom. The summed E-state index contributed by atoms with van der Waals surface area (Å²) in [4.78, 5) is 0. The molecule has 0 atom stereocenters. The predicted molar refractivity (Wildman–Crippen MR) is 44.6 cm³/mol. The summed E-state index contributed by atoms with van der Waals surface area (Å²) in [6.07, 6.45) is 2.49. The number of nitriles is 1. The van der Waals surface area contributed by atoms with Crippen LogP contribution in [-0.2, 0) is 9.47 Å². The fourth-order valence-electron chi connectivity index (χ4n) is 1.65. The second-order valence-corrected chi connectivity index (χ2v) is 3.38. The topological polar surface area (TPSA) is 42.2 Å². The Balaban J connectivity index is 2.51. The molecule has 0 bridgehead atoms. The van der Waals surface area contributed by atoms with E-state index in [-0.39, 0.29) is 5.41 Å². The molecule has 0 saturated carbocycles. The third-order valence-corrected chi connectivity index (χ3v) is 2.46. The number of rotatable bonds is 3. The van der Waals surface area contributed by atoms with Gasteiger partial charge in [0, 0.05) is 32.2 Å². The molecule has 0 radical (unpaired) electrons. The largest absolute Gasteiger partial charge is 0.384 e. The summed E-state index contributed by atoms with van der Waals surface area (Å²) in [5.74, 6) is 0. The average Bonchev–Trinajstić information content (AvgIpc) is 2.07. The van der Waals surface area contributed by atoms with Gasteiger partial charge in [0.05, 0.1) is 12.7 Å². The Kier molecular flexibility index (Phi) is 3.51. The molecule has 3 nitrogen and oxygen atoms in total. The minimum atomic E-state index is 0.0712.